The average Bonchev–Trinajstić information content (AvgIpc) is 2.65. The van der Waals surface area contributed by atoms with E-state index in [2.05, 4.69) is 36.3 Å². The van der Waals surface area contributed by atoms with Crippen molar-refractivity contribution in [3.63, 3.8) is 0 Å². The van der Waals surface area contributed by atoms with Crippen LogP contribution in [-0.2, 0) is 4.79 Å². The fourth-order valence-electron chi connectivity index (χ4n) is 4.73. The second-order valence-corrected chi connectivity index (χ2v) is 9.50. The Labute approximate surface area is 179 Å². The Morgan fingerprint density at radius 1 is 1.10 bits per heavy atom. The third kappa shape index (κ3) is 3.04. The Morgan fingerprint density at radius 3 is 2.72 bits per heavy atom. The number of hydrogen-bond acceptors (Lipinski definition) is 3. The standard InChI is InChI=1S/C24H20Cl2N2O/c1-24(2)11-19-23(20(29)12-24)22(14-6-5-13(25)10-16(14)26)21-15-4-3-9-27-17(15)7-8-18(21)28-19/h3-10,22,28H,11-12H2,1-2H3. The van der Waals surface area contributed by atoms with Gasteiger partial charge < -0.3 is 5.32 Å². The van der Waals surface area contributed by atoms with Crippen molar-refractivity contribution in [2.45, 2.75) is 32.6 Å². The molecule has 3 nitrogen and oxygen atoms in total. The van der Waals surface area contributed by atoms with Gasteiger partial charge in [-0.3, -0.25) is 9.78 Å². The summed E-state index contributed by atoms with van der Waals surface area (Å²) in [6.45, 7) is 4.28. The van der Waals surface area contributed by atoms with E-state index in [4.69, 9.17) is 23.2 Å². The van der Waals surface area contributed by atoms with Crippen LogP contribution < -0.4 is 5.32 Å². The highest BCUT2D eigenvalue weighted by atomic mass is 35.5. The van der Waals surface area contributed by atoms with Crippen molar-refractivity contribution in [2.24, 2.45) is 5.41 Å². The van der Waals surface area contributed by atoms with Crippen molar-refractivity contribution in [2.75, 3.05) is 5.32 Å². The number of carbonyl (C=O) groups is 1. The first-order chi connectivity index (χ1) is 13.8. The summed E-state index contributed by atoms with van der Waals surface area (Å²) in [7, 11) is 0. The normalized spacial score (nSPS) is 20.3. The number of rotatable bonds is 1. The van der Waals surface area contributed by atoms with E-state index in [-0.39, 0.29) is 17.1 Å². The highest BCUT2D eigenvalue weighted by Crippen LogP contribution is 2.51. The smallest absolute Gasteiger partial charge is 0.162 e. The topological polar surface area (TPSA) is 42.0 Å². The number of nitrogens with zero attached hydrogens (tertiary/aromatic N) is 1. The van der Waals surface area contributed by atoms with Gasteiger partial charge in [-0.15, -0.1) is 0 Å². The number of benzene rings is 2. The maximum absolute atomic E-state index is 13.4. The van der Waals surface area contributed by atoms with E-state index in [1.165, 1.54) is 0 Å². The molecule has 0 fully saturated rings. The van der Waals surface area contributed by atoms with E-state index >= 15 is 0 Å². The van der Waals surface area contributed by atoms with Gasteiger partial charge in [0.25, 0.3) is 0 Å². The third-order valence-corrected chi connectivity index (χ3v) is 6.45. The number of pyridine rings is 1. The molecule has 2 aliphatic rings. The fourth-order valence-corrected chi connectivity index (χ4v) is 5.25. The Morgan fingerprint density at radius 2 is 1.93 bits per heavy atom. The summed E-state index contributed by atoms with van der Waals surface area (Å²) >= 11 is 12.8. The van der Waals surface area contributed by atoms with Crippen molar-refractivity contribution < 1.29 is 4.79 Å². The van der Waals surface area contributed by atoms with Gasteiger partial charge in [0.2, 0.25) is 0 Å². The minimum Gasteiger partial charge on any atom is -0.358 e. The highest BCUT2D eigenvalue weighted by Gasteiger charge is 2.41. The largest absolute Gasteiger partial charge is 0.358 e. The number of Topliss-reactive ketones (excluding diaryl/α,β-unsaturated/α-hetero) is 1. The van der Waals surface area contributed by atoms with Crippen LogP contribution in [0.1, 0.15) is 43.7 Å². The van der Waals surface area contributed by atoms with Gasteiger partial charge in [0.15, 0.2) is 5.78 Å². The van der Waals surface area contributed by atoms with Crippen LogP contribution in [0.15, 0.2) is 59.9 Å². The van der Waals surface area contributed by atoms with E-state index < -0.39 is 0 Å². The van der Waals surface area contributed by atoms with Gasteiger partial charge in [0.1, 0.15) is 0 Å². The molecule has 3 aromatic rings. The molecule has 5 heteroatoms. The number of halogens is 2. The number of aromatic nitrogens is 1. The van der Waals surface area contributed by atoms with Crippen LogP contribution in [0.4, 0.5) is 5.69 Å². The predicted octanol–water partition coefficient (Wildman–Crippen LogP) is 6.74. The molecule has 146 valence electrons. The van der Waals surface area contributed by atoms with Crippen LogP contribution in [0.25, 0.3) is 10.9 Å². The summed E-state index contributed by atoms with van der Waals surface area (Å²) in [5.74, 6) is -0.0752. The molecule has 0 saturated carbocycles. The van der Waals surface area contributed by atoms with Crippen molar-refractivity contribution in [1.29, 1.82) is 0 Å². The van der Waals surface area contributed by atoms with Crippen LogP contribution >= 0.6 is 23.2 Å². The minimum atomic E-state index is -0.248. The summed E-state index contributed by atoms with van der Waals surface area (Å²) in [6, 6.07) is 13.6. The van der Waals surface area contributed by atoms with Crippen molar-refractivity contribution >= 4 is 45.6 Å². The van der Waals surface area contributed by atoms with E-state index in [0.717, 1.165) is 45.4 Å². The second-order valence-electron chi connectivity index (χ2n) is 8.65. The zero-order valence-corrected chi connectivity index (χ0v) is 17.7. The third-order valence-electron chi connectivity index (χ3n) is 5.88. The summed E-state index contributed by atoms with van der Waals surface area (Å²) in [6.07, 6.45) is 3.13. The molecule has 2 aromatic carbocycles. The van der Waals surface area contributed by atoms with Crippen molar-refractivity contribution in [1.82, 2.24) is 4.98 Å². The zero-order chi connectivity index (χ0) is 20.3. The molecule has 1 N–H and O–H groups in total. The molecular weight excluding hydrogens is 403 g/mol. The average molecular weight is 423 g/mol. The SMILES string of the molecule is CC1(C)CC(=O)C2=C(C1)Nc1ccc3ncccc3c1C2c1ccc(Cl)cc1Cl. The predicted molar refractivity (Wildman–Crippen MR) is 119 cm³/mol. The number of ketones is 1. The van der Waals surface area contributed by atoms with Crippen LogP contribution in [0.3, 0.4) is 0 Å². The Hall–Kier alpha value is -2.36. The van der Waals surface area contributed by atoms with Crippen LogP contribution in [0.5, 0.6) is 0 Å². The zero-order valence-electron chi connectivity index (χ0n) is 16.2. The molecule has 1 aliphatic carbocycles. The molecule has 2 heterocycles. The molecule has 0 bridgehead atoms. The number of nitrogens with one attached hydrogen (secondary N) is 1. The van der Waals surface area contributed by atoms with E-state index in [0.29, 0.717) is 16.5 Å². The fraction of sp³-hybridized carbons (Fsp3) is 0.250. The van der Waals surface area contributed by atoms with Crippen molar-refractivity contribution in [3.8, 4) is 0 Å². The van der Waals surface area contributed by atoms with Gasteiger partial charge in [0.05, 0.1) is 5.52 Å². The highest BCUT2D eigenvalue weighted by molar-refractivity contribution is 6.35. The number of allylic oxidation sites excluding steroid dienone is 2. The number of hydrogen-bond donors (Lipinski definition) is 1. The quantitative estimate of drug-likeness (QED) is 0.471. The molecule has 1 aromatic heterocycles. The lowest BCUT2D eigenvalue weighted by atomic mass is 9.68. The van der Waals surface area contributed by atoms with E-state index in [1.807, 2.05) is 24.3 Å². The minimum absolute atomic E-state index is 0.0762. The molecule has 29 heavy (non-hydrogen) atoms. The van der Waals surface area contributed by atoms with Crippen LogP contribution in [0.2, 0.25) is 10.0 Å². The molecule has 1 unspecified atom stereocenters. The molecule has 5 rings (SSSR count). The van der Waals surface area contributed by atoms with Gasteiger partial charge in [-0.05, 0) is 53.3 Å². The molecule has 0 amide bonds. The Balaban J connectivity index is 1.84. The molecular formula is C24H20Cl2N2O. The number of carbonyl (C=O) groups excluding carboxylic acids is 1. The second kappa shape index (κ2) is 6.58. The first kappa shape index (κ1) is 18.7. The summed E-state index contributed by atoms with van der Waals surface area (Å²) in [5, 5.41) is 5.75. The summed E-state index contributed by atoms with van der Waals surface area (Å²) in [5.41, 5.74) is 5.59. The van der Waals surface area contributed by atoms with Gasteiger partial charge >= 0.3 is 0 Å². The molecule has 1 atom stereocenters. The first-order valence-electron chi connectivity index (χ1n) is 9.70. The van der Waals surface area contributed by atoms with Gasteiger partial charge in [-0.2, -0.15) is 0 Å². The summed E-state index contributed by atoms with van der Waals surface area (Å²) < 4.78 is 0. The monoisotopic (exact) mass is 422 g/mol. The number of anilines is 1. The van der Waals surface area contributed by atoms with E-state index in [1.54, 1.807) is 12.3 Å². The van der Waals surface area contributed by atoms with Gasteiger partial charge in [0, 0.05) is 50.9 Å². The summed E-state index contributed by atoms with van der Waals surface area (Å²) in [4.78, 5) is 17.9. The molecule has 1 aliphatic heterocycles. The first-order valence-corrected chi connectivity index (χ1v) is 10.5. The van der Waals surface area contributed by atoms with Gasteiger partial charge in [-0.25, -0.2) is 0 Å². The maximum Gasteiger partial charge on any atom is 0.162 e. The number of fused-ring (bicyclic) bond motifs is 3. The molecule has 0 spiro atoms. The Kier molecular flexibility index (Phi) is 4.23. The lowest BCUT2D eigenvalue weighted by Gasteiger charge is -2.40. The maximum atomic E-state index is 13.4. The molecule has 0 radical (unpaired) electrons. The van der Waals surface area contributed by atoms with Gasteiger partial charge in [-0.1, -0.05) is 49.2 Å². The molecule has 0 saturated heterocycles. The lowest BCUT2D eigenvalue weighted by Crippen LogP contribution is -2.34. The van der Waals surface area contributed by atoms with Crippen LogP contribution in [-0.4, -0.2) is 10.8 Å². The van der Waals surface area contributed by atoms with Crippen molar-refractivity contribution in [3.05, 3.63) is 81.1 Å². The lowest BCUT2D eigenvalue weighted by molar-refractivity contribution is -0.118. The van der Waals surface area contributed by atoms with E-state index in [9.17, 15) is 4.79 Å². The Bertz CT molecular complexity index is 1210. The van der Waals surface area contributed by atoms with Crippen LogP contribution in [0, 0.1) is 5.41 Å².